The van der Waals surface area contributed by atoms with Crippen LogP contribution in [0.2, 0.25) is 0 Å². The summed E-state index contributed by atoms with van der Waals surface area (Å²) in [7, 11) is 2.15. The molecule has 0 aromatic carbocycles. The lowest BCUT2D eigenvalue weighted by molar-refractivity contribution is -0.141. The summed E-state index contributed by atoms with van der Waals surface area (Å²) in [5.74, 6) is -0.631. The van der Waals surface area contributed by atoms with Gasteiger partial charge >= 0.3 is 5.97 Å². The van der Waals surface area contributed by atoms with Gasteiger partial charge in [0.25, 0.3) is 0 Å². The van der Waals surface area contributed by atoms with Crippen molar-refractivity contribution in [1.29, 1.82) is 0 Å². The first kappa shape index (κ1) is 14.8. The van der Waals surface area contributed by atoms with E-state index < -0.39 is 5.97 Å². The Bertz CT molecular complexity index is 301. The van der Waals surface area contributed by atoms with Gasteiger partial charge in [-0.3, -0.25) is 9.69 Å². The zero-order valence-corrected chi connectivity index (χ0v) is 12.2. The fraction of sp³-hybridized carbons (Fsp3) is 0.933. The lowest BCUT2D eigenvalue weighted by Crippen LogP contribution is -2.51. The number of nitrogens with zero attached hydrogens (tertiary/aromatic N) is 2. The van der Waals surface area contributed by atoms with E-state index in [1.165, 1.54) is 25.7 Å². The normalized spacial score (nSPS) is 31.6. The fourth-order valence-electron chi connectivity index (χ4n) is 3.75. The third-order valence-electron chi connectivity index (χ3n) is 4.90. The summed E-state index contributed by atoms with van der Waals surface area (Å²) in [6.07, 6.45) is 8.58. The Morgan fingerprint density at radius 1 is 1.00 bits per heavy atom. The minimum atomic E-state index is -0.631. The molecule has 2 saturated heterocycles. The Morgan fingerprint density at radius 2 is 1.68 bits per heavy atom. The highest BCUT2D eigenvalue weighted by Crippen LogP contribution is 2.34. The summed E-state index contributed by atoms with van der Waals surface area (Å²) < 4.78 is 0. The minimum Gasteiger partial charge on any atom is -0.481 e. The molecule has 0 aliphatic carbocycles. The van der Waals surface area contributed by atoms with E-state index in [4.69, 9.17) is 0 Å². The SMILES string of the molecule is CN1CCCC(CC(=O)O)(N2CCCCCC2)CC1. The van der Waals surface area contributed by atoms with Crippen LogP contribution in [-0.4, -0.2) is 59.6 Å². The quantitative estimate of drug-likeness (QED) is 0.852. The fourth-order valence-corrected chi connectivity index (χ4v) is 3.75. The van der Waals surface area contributed by atoms with Gasteiger partial charge < -0.3 is 10.0 Å². The summed E-state index contributed by atoms with van der Waals surface area (Å²) in [6, 6.07) is 0. The maximum absolute atomic E-state index is 11.4. The number of carboxylic acids is 1. The summed E-state index contributed by atoms with van der Waals surface area (Å²) in [6.45, 7) is 4.33. The summed E-state index contributed by atoms with van der Waals surface area (Å²) in [4.78, 5) is 16.2. The van der Waals surface area contributed by atoms with Crippen molar-refractivity contribution >= 4 is 5.97 Å². The number of hydrogen-bond acceptors (Lipinski definition) is 3. The van der Waals surface area contributed by atoms with Crippen molar-refractivity contribution in [2.24, 2.45) is 0 Å². The second-order valence-electron chi connectivity index (χ2n) is 6.35. The average Bonchev–Trinajstić information content (AvgIpc) is 2.71. The first-order chi connectivity index (χ1) is 9.12. The van der Waals surface area contributed by atoms with Crippen molar-refractivity contribution < 1.29 is 9.90 Å². The molecule has 2 fully saturated rings. The van der Waals surface area contributed by atoms with E-state index in [0.29, 0.717) is 6.42 Å². The van der Waals surface area contributed by atoms with Crippen LogP contribution in [0, 0.1) is 0 Å². The monoisotopic (exact) mass is 268 g/mol. The minimum absolute atomic E-state index is 0.0824. The highest BCUT2D eigenvalue weighted by atomic mass is 16.4. The highest BCUT2D eigenvalue weighted by molar-refractivity contribution is 5.68. The molecule has 0 spiro atoms. The van der Waals surface area contributed by atoms with Crippen LogP contribution in [0.4, 0.5) is 0 Å². The molecule has 2 rings (SSSR count). The Kier molecular flexibility index (Phi) is 5.22. The third-order valence-corrected chi connectivity index (χ3v) is 4.90. The molecule has 19 heavy (non-hydrogen) atoms. The van der Waals surface area contributed by atoms with Gasteiger partial charge in [-0.15, -0.1) is 0 Å². The molecule has 0 aromatic heterocycles. The van der Waals surface area contributed by atoms with Crippen LogP contribution < -0.4 is 0 Å². The molecule has 0 aromatic rings. The van der Waals surface area contributed by atoms with E-state index in [0.717, 1.165) is 45.4 Å². The van der Waals surface area contributed by atoms with E-state index in [-0.39, 0.29) is 5.54 Å². The smallest absolute Gasteiger partial charge is 0.305 e. The maximum atomic E-state index is 11.4. The first-order valence-electron chi connectivity index (χ1n) is 7.78. The van der Waals surface area contributed by atoms with Crippen LogP contribution in [0.5, 0.6) is 0 Å². The first-order valence-corrected chi connectivity index (χ1v) is 7.78. The lowest BCUT2D eigenvalue weighted by atomic mass is 9.84. The number of carboxylic acid groups (broad SMARTS) is 1. The zero-order valence-electron chi connectivity index (χ0n) is 12.2. The summed E-state index contributed by atoms with van der Waals surface area (Å²) >= 11 is 0. The second-order valence-corrected chi connectivity index (χ2v) is 6.35. The molecule has 2 aliphatic heterocycles. The van der Waals surface area contributed by atoms with Crippen LogP contribution in [0.1, 0.15) is 51.4 Å². The molecule has 0 saturated carbocycles. The number of rotatable bonds is 3. The molecule has 1 atom stereocenters. The van der Waals surface area contributed by atoms with Crippen LogP contribution in [0.15, 0.2) is 0 Å². The van der Waals surface area contributed by atoms with Crippen LogP contribution in [-0.2, 0) is 4.79 Å². The van der Waals surface area contributed by atoms with Gasteiger partial charge in [-0.25, -0.2) is 0 Å². The Balaban J connectivity index is 2.14. The number of aliphatic carboxylic acids is 1. The second kappa shape index (κ2) is 6.71. The number of likely N-dealkylation sites (tertiary alicyclic amines) is 2. The van der Waals surface area contributed by atoms with Crippen LogP contribution in [0.25, 0.3) is 0 Å². The molecule has 1 N–H and O–H groups in total. The van der Waals surface area contributed by atoms with Gasteiger partial charge in [0, 0.05) is 5.54 Å². The summed E-state index contributed by atoms with van der Waals surface area (Å²) in [5, 5.41) is 9.35. The molecule has 1 unspecified atom stereocenters. The largest absolute Gasteiger partial charge is 0.481 e. The maximum Gasteiger partial charge on any atom is 0.305 e. The molecule has 2 aliphatic rings. The summed E-state index contributed by atoms with van der Waals surface area (Å²) in [5.41, 5.74) is -0.0824. The van der Waals surface area contributed by atoms with Gasteiger partial charge in [-0.2, -0.15) is 0 Å². The highest BCUT2D eigenvalue weighted by Gasteiger charge is 2.39. The molecule has 0 bridgehead atoms. The van der Waals surface area contributed by atoms with Gasteiger partial charge in [-0.1, -0.05) is 12.8 Å². The lowest BCUT2D eigenvalue weighted by Gasteiger charge is -2.42. The van der Waals surface area contributed by atoms with Crippen LogP contribution in [0.3, 0.4) is 0 Å². The number of carbonyl (C=O) groups is 1. The molecule has 0 radical (unpaired) electrons. The van der Waals surface area contributed by atoms with Crippen molar-refractivity contribution in [2.45, 2.75) is 56.9 Å². The Labute approximate surface area is 116 Å². The average molecular weight is 268 g/mol. The van der Waals surface area contributed by atoms with Crippen LogP contribution >= 0.6 is 0 Å². The third kappa shape index (κ3) is 3.93. The van der Waals surface area contributed by atoms with Crippen molar-refractivity contribution in [1.82, 2.24) is 9.80 Å². The number of hydrogen-bond donors (Lipinski definition) is 1. The molecule has 0 amide bonds. The molecule has 4 nitrogen and oxygen atoms in total. The van der Waals surface area contributed by atoms with E-state index in [1.54, 1.807) is 0 Å². The predicted molar refractivity (Wildman–Crippen MR) is 76.4 cm³/mol. The Morgan fingerprint density at radius 3 is 2.32 bits per heavy atom. The molecular weight excluding hydrogens is 240 g/mol. The molecule has 2 heterocycles. The van der Waals surface area contributed by atoms with Gasteiger partial charge in [0.2, 0.25) is 0 Å². The van der Waals surface area contributed by atoms with Crippen molar-refractivity contribution in [3.05, 3.63) is 0 Å². The zero-order chi connectivity index (χ0) is 13.7. The van der Waals surface area contributed by atoms with Crippen molar-refractivity contribution in [3.63, 3.8) is 0 Å². The van der Waals surface area contributed by atoms with Gasteiger partial charge in [-0.05, 0) is 65.3 Å². The standard InChI is InChI=1S/C15H28N2O2/c1-16-9-6-7-15(8-12-16,13-14(18)19)17-10-4-2-3-5-11-17/h2-13H2,1H3,(H,18,19). The van der Waals surface area contributed by atoms with E-state index >= 15 is 0 Å². The van der Waals surface area contributed by atoms with E-state index in [9.17, 15) is 9.90 Å². The molecular formula is C15H28N2O2. The van der Waals surface area contributed by atoms with E-state index in [1.807, 2.05) is 0 Å². The van der Waals surface area contributed by atoms with Gasteiger partial charge in [0.05, 0.1) is 6.42 Å². The van der Waals surface area contributed by atoms with Crippen molar-refractivity contribution in [2.75, 3.05) is 33.2 Å². The van der Waals surface area contributed by atoms with Gasteiger partial charge in [0.1, 0.15) is 0 Å². The molecule has 110 valence electrons. The molecule has 4 heteroatoms. The predicted octanol–water partition coefficient (Wildman–Crippen LogP) is 2.19. The van der Waals surface area contributed by atoms with E-state index in [2.05, 4.69) is 16.8 Å². The van der Waals surface area contributed by atoms with Crippen molar-refractivity contribution in [3.8, 4) is 0 Å². The van der Waals surface area contributed by atoms with Gasteiger partial charge in [0.15, 0.2) is 0 Å². The Hall–Kier alpha value is -0.610. The topological polar surface area (TPSA) is 43.8 Å².